The minimum absolute atomic E-state index is 0.227. The van der Waals surface area contributed by atoms with Gasteiger partial charge < -0.3 is 0 Å². The van der Waals surface area contributed by atoms with Crippen molar-refractivity contribution in [3.05, 3.63) is 45.1 Å². The minimum Gasteiger partial charge on any atom is -0.221 e. The first-order valence-electron chi connectivity index (χ1n) is 4.86. The van der Waals surface area contributed by atoms with Crippen molar-refractivity contribution in [1.82, 2.24) is 9.78 Å². The van der Waals surface area contributed by atoms with Crippen LogP contribution in [-0.4, -0.2) is 9.78 Å². The number of rotatable bonds is 1. The second-order valence-corrected chi connectivity index (χ2v) is 4.74. The van der Waals surface area contributed by atoms with Crippen LogP contribution in [0.15, 0.2) is 28.7 Å². The Hall–Kier alpha value is -1.52. The summed E-state index contributed by atoms with van der Waals surface area (Å²) >= 11 is 8.46. The van der Waals surface area contributed by atoms with Crippen LogP contribution in [0, 0.1) is 11.3 Å². The first-order chi connectivity index (χ1) is 8.84. The molecule has 0 spiro atoms. The second-order valence-electron chi connectivity index (χ2n) is 3.51. The Balaban J connectivity index is 2.65. The Kier molecular flexibility index (Phi) is 3.56. The summed E-state index contributed by atoms with van der Waals surface area (Å²) in [4.78, 5) is 0. The van der Waals surface area contributed by atoms with Crippen LogP contribution in [0.5, 0.6) is 0 Å². The zero-order chi connectivity index (χ0) is 14.2. The lowest BCUT2D eigenvalue weighted by Gasteiger charge is -2.03. The smallest absolute Gasteiger partial charge is 0.221 e. The monoisotopic (exact) mass is 349 g/mol. The Morgan fingerprint density at radius 2 is 1.84 bits per heavy atom. The molecule has 0 N–H and O–H groups in total. The van der Waals surface area contributed by atoms with Crippen LogP contribution in [0.3, 0.4) is 0 Å². The molecule has 1 aromatic carbocycles. The minimum atomic E-state index is -4.64. The molecule has 19 heavy (non-hydrogen) atoms. The molecule has 2 rings (SSSR count). The third-order valence-electron chi connectivity index (χ3n) is 2.27. The lowest BCUT2D eigenvalue weighted by molar-refractivity contribution is -0.141. The van der Waals surface area contributed by atoms with E-state index in [1.54, 1.807) is 6.07 Å². The van der Waals surface area contributed by atoms with E-state index >= 15 is 0 Å². The molecule has 8 heteroatoms. The maximum absolute atomic E-state index is 12.7. The second kappa shape index (κ2) is 4.87. The number of hydrogen-bond acceptors (Lipinski definition) is 2. The van der Waals surface area contributed by atoms with Crippen LogP contribution >= 0.6 is 27.5 Å². The highest BCUT2D eigenvalue weighted by Gasteiger charge is 2.38. The largest absolute Gasteiger partial charge is 0.436 e. The molecular formula is C11H4BrClF3N3. The molecule has 3 nitrogen and oxygen atoms in total. The van der Waals surface area contributed by atoms with Gasteiger partial charge in [0.25, 0.3) is 0 Å². The molecule has 98 valence electrons. The van der Waals surface area contributed by atoms with E-state index in [1.807, 2.05) is 0 Å². The maximum atomic E-state index is 12.7. The number of nitriles is 1. The van der Waals surface area contributed by atoms with Gasteiger partial charge in [0.05, 0.1) is 10.2 Å². The normalized spacial score (nSPS) is 11.4. The van der Waals surface area contributed by atoms with Gasteiger partial charge in [-0.05, 0) is 40.2 Å². The summed E-state index contributed by atoms with van der Waals surface area (Å²) in [6.45, 7) is 0. The first-order valence-corrected chi connectivity index (χ1v) is 6.03. The molecular weight excluding hydrogens is 346 g/mol. The first kappa shape index (κ1) is 13.9. The van der Waals surface area contributed by atoms with Crippen molar-refractivity contribution in [2.75, 3.05) is 0 Å². The maximum Gasteiger partial charge on any atom is 0.436 e. The summed E-state index contributed by atoms with van der Waals surface area (Å²) in [6.07, 6.45) is -4.64. The van der Waals surface area contributed by atoms with Crippen LogP contribution in [-0.2, 0) is 6.18 Å². The van der Waals surface area contributed by atoms with Gasteiger partial charge in [-0.2, -0.15) is 23.5 Å². The van der Waals surface area contributed by atoms with Crippen LogP contribution in [0.2, 0.25) is 5.02 Å². The third-order valence-corrected chi connectivity index (χ3v) is 3.28. The van der Waals surface area contributed by atoms with Crippen molar-refractivity contribution in [3.8, 4) is 11.8 Å². The molecule has 0 bridgehead atoms. The molecule has 0 saturated heterocycles. The van der Waals surface area contributed by atoms with E-state index in [4.69, 9.17) is 16.9 Å². The van der Waals surface area contributed by atoms with Gasteiger partial charge in [-0.3, -0.25) is 0 Å². The van der Waals surface area contributed by atoms with Gasteiger partial charge in [-0.25, -0.2) is 4.68 Å². The van der Waals surface area contributed by atoms with Crippen LogP contribution in [0.4, 0.5) is 13.2 Å². The predicted molar refractivity (Wildman–Crippen MR) is 66.0 cm³/mol. The van der Waals surface area contributed by atoms with E-state index in [9.17, 15) is 13.2 Å². The van der Waals surface area contributed by atoms with Crippen molar-refractivity contribution in [2.45, 2.75) is 6.18 Å². The Morgan fingerprint density at radius 3 is 2.32 bits per heavy atom. The number of nitrogens with zero attached hydrogens (tertiary/aromatic N) is 3. The van der Waals surface area contributed by atoms with Crippen LogP contribution in [0.1, 0.15) is 11.4 Å². The van der Waals surface area contributed by atoms with Crippen LogP contribution in [0.25, 0.3) is 5.69 Å². The average Bonchev–Trinajstić information content (AvgIpc) is 2.67. The SMILES string of the molecule is N#Cc1c(Br)c(C(F)(F)F)nn1-c1ccc(Cl)cc1. The van der Waals surface area contributed by atoms with Crippen LogP contribution < -0.4 is 0 Å². The van der Waals surface area contributed by atoms with E-state index in [1.165, 1.54) is 24.3 Å². The highest BCUT2D eigenvalue weighted by Crippen LogP contribution is 2.36. The topological polar surface area (TPSA) is 41.6 Å². The summed E-state index contributed by atoms with van der Waals surface area (Å²) in [6, 6.07) is 7.64. The summed E-state index contributed by atoms with van der Waals surface area (Å²) in [7, 11) is 0. The summed E-state index contributed by atoms with van der Waals surface area (Å²) in [5.41, 5.74) is -1.05. The molecule has 2 aromatic rings. The molecule has 0 aliphatic carbocycles. The summed E-state index contributed by atoms with van der Waals surface area (Å²) < 4.78 is 38.7. The Bertz CT molecular complexity index is 656. The molecule has 0 radical (unpaired) electrons. The molecule has 0 atom stereocenters. The Labute approximate surface area is 119 Å². The molecule has 0 saturated carbocycles. The lowest BCUT2D eigenvalue weighted by atomic mass is 10.3. The predicted octanol–water partition coefficient (Wildman–Crippen LogP) is 4.18. The number of hydrogen-bond donors (Lipinski definition) is 0. The van der Waals surface area contributed by atoms with Crippen molar-refractivity contribution >= 4 is 27.5 Å². The van der Waals surface area contributed by atoms with Crippen molar-refractivity contribution in [2.24, 2.45) is 0 Å². The summed E-state index contributed by atoms with van der Waals surface area (Å²) in [5, 5.41) is 12.8. The van der Waals surface area contributed by atoms with E-state index in [-0.39, 0.29) is 10.2 Å². The fourth-order valence-electron chi connectivity index (χ4n) is 1.45. The molecule has 0 aliphatic heterocycles. The van der Waals surface area contributed by atoms with Crippen molar-refractivity contribution in [3.63, 3.8) is 0 Å². The quantitative estimate of drug-likeness (QED) is 0.774. The lowest BCUT2D eigenvalue weighted by Crippen LogP contribution is -2.08. The number of alkyl halides is 3. The molecule has 1 heterocycles. The zero-order valence-electron chi connectivity index (χ0n) is 9.04. The molecule has 0 unspecified atom stereocenters. The zero-order valence-corrected chi connectivity index (χ0v) is 11.4. The van der Waals surface area contributed by atoms with Gasteiger partial charge in [0, 0.05) is 5.02 Å². The summed E-state index contributed by atoms with van der Waals surface area (Å²) in [5.74, 6) is 0. The highest BCUT2D eigenvalue weighted by atomic mass is 79.9. The van der Waals surface area contributed by atoms with E-state index in [0.29, 0.717) is 10.7 Å². The fourth-order valence-corrected chi connectivity index (χ4v) is 2.13. The fraction of sp³-hybridized carbons (Fsp3) is 0.0909. The van der Waals surface area contributed by atoms with Crippen molar-refractivity contribution < 1.29 is 13.2 Å². The number of halogens is 5. The molecule has 0 amide bonds. The van der Waals surface area contributed by atoms with Gasteiger partial charge in [0.15, 0.2) is 11.4 Å². The van der Waals surface area contributed by atoms with Gasteiger partial charge in [0.1, 0.15) is 6.07 Å². The third kappa shape index (κ3) is 2.60. The number of benzene rings is 1. The van der Waals surface area contributed by atoms with E-state index in [2.05, 4.69) is 21.0 Å². The highest BCUT2D eigenvalue weighted by molar-refractivity contribution is 9.10. The van der Waals surface area contributed by atoms with Gasteiger partial charge in [-0.15, -0.1) is 0 Å². The average molecular weight is 351 g/mol. The van der Waals surface area contributed by atoms with Gasteiger partial charge in [0.2, 0.25) is 0 Å². The van der Waals surface area contributed by atoms with Gasteiger partial charge >= 0.3 is 6.18 Å². The Morgan fingerprint density at radius 1 is 1.26 bits per heavy atom. The van der Waals surface area contributed by atoms with Gasteiger partial charge in [-0.1, -0.05) is 11.6 Å². The molecule has 0 aliphatic rings. The molecule has 0 fully saturated rings. The van der Waals surface area contributed by atoms with E-state index < -0.39 is 11.9 Å². The molecule has 1 aromatic heterocycles. The van der Waals surface area contributed by atoms with E-state index in [0.717, 1.165) is 4.68 Å². The number of aromatic nitrogens is 2. The van der Waals surface area contributed by atoms with Crippen molar-refractivity contribution in [1.29, 1.82) is 5.26 Å². The standard InChI is InChI=1S/C11H4BrClF3N3/c12-9-8(5-17)19(18-10(9)11(14,15)16)7-3-1-6(13)2-4-7/h1-4H.